The molecule has 84 valence electrons. The number of hydrogen-bond donors (Lipinski definition) is 5. The van der Waals surface area contributed by atoms with Crippen molar-refractivity contribution in [3.63, 3.8) is 0 Å². The Kier molecular flexibility index (Phi) is 8.68. The third kappa shape index (κ3) is 18.5. The van der Waals surface area contributed by atoms with Gasteiger partial charge in [0.15, 0.2) is 0 Å². The van der Waals surface area contributed by atoms with Gasteiger partial charge in [0.1, 0.15) is 0 Å². The first-order chi connectivity index (χ1) is 4.71. The molecule has 0 aromatic carbocycles. The molecule has 0 aliphatic rings. The predicted octanol–water partition coefficient (Wildman–Crippen LogP) is -1.63. The molecule has 0 fully saturated rings. The van der Waals surface area contributed by atoms with Gasteiger partial charge in [-0.05, 0) is 5.64 Å². The van der Waals surface area contributed by atoms with Crippen LogP contribution < -0.4 is 17.9 Å². The summed E-state index contributed by atoms with van der Waals surface area (Å²) in [5.41, 5.74) is 0.789. The van der Waals surface area contributed by atoms with Crippen LogP contribution in [0.2, 0.25) is 0 Å². The second-order valence-corrected chi connectivity index (χ2v) is 3.15. The lowest BCUT2D eigenvalue weighted by atomic mass is 13.3. The zero-order valence-corrected chi connectivity index (χ0v) is 7.71. The van der Waals surface area contributed by atoms with Crippen LogP contribution in [0.25, 0.3) is 0 Å². The van der Waals surface area contributed by atoms with Crippen LogP contribution in [0.4, 0.5) is 0 Å². The maximum Gasteiger partial charge on any atom is 0.415 e. The zero-order valence-electron chi connectivity index (χ0n) is 6.07. The lowest BCUT2D eigenvalue weighted by Crippen LogP contribution is -2.23. The van der Waals surface area contributed by atoms with Crippen molar-refractivity contribution in [1.29, 1.82) is 0 Å². The highest BCUT2D eigenvalue weighted by atomic mass is 32.3. The van der Waals surface area contributed by atoms with Crippen LogP contribution in [0.1, 0.15) is 0 Å². The van der Waals surface area contributed by atoms with Crippen molar-refractivity contribution in [2.45, 2.75) is 0 Å². The van der Waals surface area contributed by atoms with Gasteiger partial charge in [0.2, 0.25) is 0 Å². The van der Waals surface area contributed by atoms with Gasteiger partial charge in [0, 0.05) is 0 Å². The highest BCUT2D eigenvalue weighted by molar-refractivity contribution is 7.81. The highest BCUT2D eigenvalue weighted by Gasteiger charge is 2.08. The molecule has 0 aromatic heterocycles. The summed E-state index contributed by atoms with van der Waals surface area (Å²) in [5, 5.41) is 0. The molecule has 0 aromatic rings. The van der Waals surface area contributed by atoms with Crippen LogP contribution in [-0.4, -0.2) is 25.9 Å². The Labute approximate surface area is 74.0 Å². The molecule has 11 nitrogen and oxygen atoms in total. The number of nitrogens with one attached hydrogen (secondary N) is 1. The summed E-state index contributed by atoms with van der Waals surface area (Å²) < 4.78 is 60.3. The number of hydrogen-bond acceptors (Lipinski definition) is 9. The van der Waals surface area contributed by atoms with Gasteiger partial charge >= 0.3 is 20.8 Å². The van der Waals surface area contributed by atoms with Gasteiger partial charge in [-0.25, -0.2) is 0 Å². The van der Waals surface area contributed by atoms with E-state index in [0.717, 1.165) is 5.64 Å². The maximum absolute atomic E-state index is 9.63. The van der Waals surface area contributed by atoms with E-state index in [4.69, 9.17) is 9.11 Å². The van der Waals surface area contributed by atoms with E-state index in [-0.39, 0.29) is 12.3 Å². The predicted molar refractivity (Wildman–Crippen MR) is 38.4 cm³/mol. The molecular formula is H9N3O8S2. The molecular weight excluding hydrogens is 234 g/mol. The van der Waals surface area contributed by atoms with Gasteiger partial charge in [-0.2, -0.15) is 16.8 Å². The van der Waals surface area contributed by atoms with Gasteiger partial charge in [-0.15, -0.1) is 8.57 Å². The van der Waals surface area contributed by atoms with Crippen LogP contribution in [0, 0.1) is 0 Å². The Balaban J connectivity index is -0.000000500. The minimum absolute atomic E-state index is 0. The molecule has 0 heterocycles. The summed E-state index contributed by atoms with van der Waals surface area (Å²) in [4.78, 5) is 0. The molecule has 0 saturated carbocycles. The average molecular weight is 243 g/mol. The highest BCUT2D eigenvalue weighted by Crippen LogP contribution is 1.84. The van der Waals surface area contributed by atoms with Gasteiger partial charge in [-0.1, -0.05) is 0 Å². The van der Waals surface area contributed by atoms with Gasteiger partial charge in [0.05, 0.1) is 0 Å². The lowest BCUT2D eigenvalue weighted by Gasteiger charge is -1.97. The van der Waals surface area contributed by atoms with E-state index in [1.54, 1.807) is 0 Å². The van der Waals surface area contributed by atoms with Crippen molar-refractivity contribution in [3.05, 3.63) is 0 Å². The fourth-order valence-corrected chi connectivity index (χ4v) is 0.383. The minimum Gasteiger partial charge on any atom is -0.344 e. The largest absolute Gasteiger partial charge is 0.415 e. The van der Waals surface area contributed by atoms with Gasteiger partial charge in [0.25, 0.3) is 0 Å². The molecule has 13 heteroatoms. The molecule has 0 unspecified atom stereocenters. The van der Waals surface area contributed by atoms with E-state index in [1.165, 1.54) is 0 Å². The van der Waals surface area contributed by atoms with Crippen molar-refractivity contribution < 1.29 is 34.5 Å². The Morgan fingerprint density at radius 1 is 0.846 bits per heavy atom. The van der Waals surface area contributed by atoms with E-state index in [2.05, 4.69) is 8.57 Å². The monoisotopic (exact) mass is 243 g/mol. The summed E-state index contributed by atoms with van der Waals surface area (Å²) in [5.74, 6) is 0. The van der Waals surface area contributed by atoms with Crippen molar-refractivity contribution in [3.8, 4) is 0 Å². The minimum atomic E-state index is -4.86. The van der Waals surface area contributed by atoms with E-state index in [1.807, 2.05) is 0 Å². The summed E-state index contributed by atoms with van der Waals surface area (Å²) in [6.07, 6.45) is 0. The third-order valence-electron chi connectivity index (χ3n) is 0.279. The first-order valence-electron chi connectivity index (χ1n) is 1.77. The van der Waals surface area contributed by atoms with E-state index >= 15 is 0 Å². The average Bonchev–Trinajstić information content (AvgIpc) is 1.55. The van der Waals surface area contributed by atoms with Gasteiger partial charge < -0.3 is 12.3 Å². The Morgan fingerprint density at radius 2 is 1.08 bits per heavy atom. The molecule has 0 aliphatic heterocycles. The topological polar surface area (TPSA) is 209 Å². The fourth-order valence-electron chi connectivity index (χ4n) is 0.0999. The molecule has 0 atom stereocenters. The maximum atomic E-state index is 9.63. The van der Waals surface area contributed by atoms with Crippen molar-refractivity contribution in [1.82, 2.24) is 17.9 Å². The molecule has 0 radical (unpaired) electrons. The molecule has 0 saturated heterocycles. The molecule has 9 N–H and O–H groups in total. The Bertz CT molecular complexity index is 266. The van der Waals surface area contributed by atoms with Crippen LogP contribution in [-0.2, 0) is 29.4 Å². The first kappa shape index (κ1) is 18.4. The molecule has 0 spiro atoms. The smallest absolute Gasteiger partial charge is 0.344 e. The Morgan fingerprint density at radius 3 is 1.23 bits per heavy atom. The van der Waals surface area contributed by atoms with E-state index in [0.29, 0.717) is 0 Å². The van der Waals surface area contributed by atoms with Crippen molar-refractivity contribution in [2.24, 2.45) is 0 Å². The van der Waals surface area contributed by atoms with Crippen molar-refractivity contribution in [2.75, 3.05) is 0 Å². The zero-order chi connectivity index (χ0) is 9.12. The number of rotatable bonds is 4. The van der Waals surface area contributed by atoms with E-state index in [9.17, 15) is 16.8 Å². The second-order valence-electron chi connectivity index (χ2n) is 1.11. The van der Waals surface area contributed by atoms with E-state index < -0.39 is 20.8 Å². The SMILES string of the molecule is N.N.O=S(=O)(O)ONOS(=O)(=O)O. The summed E-state index contributed by atoms with van der Waals surface area (Å²) in [6.45, 7) is 0. The van der Waals surface area contributed by atoms with Crippen LogP contribution >= 0.6 is 0 Å². The molecule has 0 bridgehead atoms. The standard InChI is InChI=1S/H3NO8S2.2H3N/c2-10(3,4)8-1-9-11(5,6)7;;/h1H,(H,2,3,4)(H,5,6,7);2*1H3. The summed E-state index contributed by atoms with van der Waals surface area (Å²) >= 11 is 0. The third-order valence-corrected chi connectivity index (χ3v) is 0.836. The molecule has 0 rings (SSSR count). The molecule has 0 aliphatic carbocycles. The first-order valence-corrected chi connectivity index (χ1v) is 4.50. The van der Waals surface area contributed by atoms with Gasteiger partial charge in [-0.3, -0.25) is 9.11 Å². The van der Waals surface area contributed by atoms with Crippen LogP contribution in [0.15, 0.2) is 0 Å². The van der Waals surface area contributed by atoms with Crippen LogP contribution in [0.5, 0.6) is 0 Å². The van der Waals surface area contributed by atoms with Crippen LogP contribution in [0.3, 0.4) is 0 Å². The lowest BCUT2D eigenvalue weighted by molar-refractivity contribution is -0.0242. The summed E-state index contributed by atoms with van der Waals surface area (Å²) in [7, 11) is -9.72. The molecule has 0 amide bonds. The summed E-state index contributed by atoms with van der Waals surface area (Å²) in [6, 6.07) is 0. The molecule has 13 heavy (non-hydrogen) atoms. The van der Waals surface area contributed by atoms with Crippen molar-refractivity contribution >= 4 is 20.8 Å². The normalized spacial score (nSPS) is 11.2. The Hall–Kier alpha value is -0.380. The second kappa shape index (κ2) is 6.13. The fraction of sp³-hybridized carbons (Fsp3) is 0. The quantitative estimate of drug-likeness (QED) is 0.279.